The monoisotopic (exact) mass is 461 g/mol. The highest BCUT2D eigenvalue weighted by Crippen LogP contribution is 2.20. The van der Waals surface area contributed by atoms with Crippen molar-refractivity contribution < 1.29 is 14.3 Å². The number of nitrogens with zero attached hydrogens (tertiary/aromatic N) is 2. The summed E-state index contributed by atoms with van der Waals surface area (Å²) >= 11 is 0. The third-order valence-corrected chi connectivity index (χ3v) is 3.59. The molecular formula is C18H28IN3O3. The predicted octanol–water partition coefficient (Wildman–Crippen LogP) is 3.07. The number of methoxy groups -OCH3 is 2. The topological polar surface area (TPSA) is 63.2 Å². The minimum absolute atomic E-state index is 0. The Labute approximate surface area is 167 Å². The molecule has 0 aliphatic carbocycles. The van der Waals surface area contributed by atoms with Crippen molar-refractivity contribution in [3.05, 3.63) is 42.0 Å². The average Bonchev–Trinajstić information content (AvgIpc) is 2.61. The Balaban J connectivity index is 0.00000576. The first kappa shape index (κ1) is 23.2. The van der Waals surface area contributed by atoms with Crippen LogP contribution in [0.2, 0.25) is 0 Å². The third-order valence-electron chi connectivity index (χ3n) is 3.59. The summed E-state index contributed by atoms with van der Waals surface area (Å²) in [6.07, 6.45) is 3.91. The van der Waals surface area contributed by atoms with E-state index >= 15 is 0 Å². The molecule has 0 spiro atoms. The number of rotatable bonds is 8. The second-order valence-electron chi connectivity index (χ2n) is 5.28. The molecule has 0 bridgehead atoms. The van der Waals surface area contributed by atoms with Crippen molar-refractivity contribution in [3.63, 3.8) is 0 Å². The van der Waals surface area contributed by atoms with Gasteiger partial charge in [0.15, 0.2) is 5.96 Å². The summed E-state index contributed by atoms with van der Waals surface area (Å²) in [5, 5.41) is 3.29. The van der Waals surface area contributed by atoms with Gasteiger partial charge in [0.1, 0.15) is 11.3 Å². The molecule has 1 rings (SSSR count). The molecule has 0 saturated carbocycles. The number of guanidine groups is 1. The number of esters is 1. The molecule has 1 aromatic rings. The van der Waals surface area contributed by atoms with Crippen LogP contribution >= 0.6 is 24.0 Å². The molecule has 1 aromatic carbocycles. The first-order valence-corrected chi connectivity index (χ1v) is 7.85. The molecule has 0 radical (unpaired) electrons. The SMILES string of the molecule is C=CCCCN(C)C(=NC)NCc1ccc(OC)c(C(=O)OC)c1.I. The number of aliphatic imine (C=N–C) groups is 1. The van der Waals surface area contributed by atoms with Crippen molar-refractivity contribution in [1.29, 1.82) is 0 Å². The van der Waals surface area contributed by atoms with Gasteiger partial charge in [-0.05, 0) is 30.5 Å². The van der Waals surface area contributed by atoms with Crippen LogP contribution in [-0.4, -0.2) is 51.7 Å². The second kappa shape index (κ2) is 12.6. The van der Waals surface area contributed by atoms with E-state index in [4.69, 9.17) is 9.47 Å². The molecule has 0 saturated heterocycles. The third kappa shape index (κ3) is 7.33. The molecule has 0 fully saturated rings. The zero-order valence-corrected chi connectivity index (χ0v) is 17.7. The molecule has 1 N–H and O–H groups in total. The summed E-state index contributed by atoms with van der Waals surface area (Å²) in [5.41, 5.74) is 1.35. The van der Waals surface area contributed by atoms with Crippen molar-refractivity contribution in [1.82, 2.24) is 10.2 Å². The lowest BCUT2D eigenvalue weighted by Gasteiger charge is -2.22. The van der Waals surface area contributed by atoms with Gasteiger partial charge in [-0.3, -0.25) is 4.99 Å². The van der Waals surface area contributed by atoms with Crippen LogP contribution in [0.3, 0.4) is 0 Å². The fourth-order valence-corrected chi connectivity index (χ4v) is 2.28. The number of benzene rings is 1. The molecule has 140 valence electrons. The van der Waals surface area contributed by atoms with Crippen LogP contribution in [0.5, 0.6) is 5.75 Å². The molecule has 0 unspecified atom stereocenters. The van der Waals surface area contributed by atoms with Crippen LogP contribution in [0.1, 0.15) is 28.8 Å². The van der Waals surface area contributed by atoms with E-state index in [2.05, 4.69) is 21.8 Å². The lowest BCUT2D eigenvalue weighted by molar-refractivity contribution is 0.0597. The lowest BCUT2D eigenvalue weighted by Crippen LogP contribution is -2.39. The van der Waals surface area contributed by atoms with Crippen molar-refractivity contribution in [3.8, 4) is 5.75 Å². The summed E-state index contributed by atoms with van der Waals surface area (Å²) in [5.74, 6) is 0.880. The van der Waals surface area contributed by atoms with Crippen LogP contribution in [-0.2, 0) is 11.3 Å². The van der Waals surface area contributed by atoms with E-state index in [1.165, 1.54) is 14.2 Å². The van der Waals surface area contributed by atoms with E-state index in [0.717, 1.165) is 30.9 Å². The van der Waals surface area contributed by atoms with Crippen molar-refractivity contribution in [2.45, 2.75) is 19.4 Å². The smallest absolute Gasteiger partial charge is 0.341 e. The minimum atomic E-state index is -0.417. The summed E-state index contributed by atoms with van der Waals surface area (Å²) in [6.45, 7) is 5.17. The first-order chi connectivity index (χ1) is 11.6. The molecule has 0 aromatic heterocycles. The highest BCUT2D eigenvalue weighted by molar-refractivity contribution is 14.0. The fourth-order valence-electron chi connectivity index (χ4n) is 2.28. The number of carbonyl (C=O) groups excluding carboxylic acids is 1. The highest BCUT2D eigenvalue weighted by atomic mass is 127. The van der Waals surface area contributed by atoms with Crippen molar-refractivity contribution in [2.75, 3.05) is 34.9 Å². The number of allylic oxidation sites excluding steroid dienone is 1. The van der Waals surface area contributed by atoms with E-state index in [9.17, 15) is 4.79 Å². The summed E-state index contributed by atoms with van der Waals surface area (Å²) < 4.78 is 10.00. The Morgan fingerprint density at radius 2 is 2.12 bits per heavy atom. The number of hydrogen-bond donors (Lipinski definition) is 1. The normalized spacial score (nSPS) is 10.5. The Hall–Kier alpha value is -1.77. The van der Waals surface area contributed by atoms with E-state index in [0.29, 0.717) is 17.9 Å². The van der Waals surface area contributed by atoms with E-state index in [-0.39, 0.29) is 24.0 Å². The highest BCUT2D eigenvalue weighted by Gasteiger charge is 2.14. The van der Waals surface area contributed by atoms with Crippen LogP contribution < -0.4 is 10.1 Å². The maximum absolute atomic E-state index is 11.8. The molecule has 6 nitrogen and oxygen atoms in total. The van der Waals surface area contributed by atoms with Gasteiger partial charge < -0.3 is 19.7 Å². The van der Waals surface area contributed by atoms with Gasteiger partial charge in [-0.25, -0.2) is 4.79 Å². The van der Waals surface area contributed by atoms with Crippen LogP contribution in [0.4, 0.5) is 0 Å². The van der Waals surface area contributed by atoms with E-state index in [1.54, 1.807) is 19.2 Å². The summed E-state index contributed by atoms with van der Waals surface area (Å²) in [4.78, 5) is 18.2. The number of carbonyl (C=O) groups is 1. The van der Waals surface area contributed by atoms with Gasteiger partial charge in [0.2, 0.25) is 0 Å². The van der Waals surface area contributed by atoms with Gasteiger partial charge in [-0.1, -0.05) is 12.1 Å². The van der Waals surface area contributed by atoms with Gasteiger partial charge in [0.25, 0.3) is 0 Å². The number of nitrogens with one attached hydrogen (secondary N) is 1. The maximum Gasteiger partial charge on any atom is 0.341 e. The molecule has 25 heavy (non-hydrogen) atoms. The Morgan fingerprint density at radius 3 is 2.68 bits per heavy atom. The van der Waals surface area contributed by atoms with Crippen LogP contribution in [0.15, 0.2) is 35.8 Å². The molecular weight excluding hydrogens is 433 g/mol. The molecule has 0 aliphatic rings. The summed E-state index contributed by atoms with van der Waals surface area (Å²) in [7, 11) is 6.62. The number of unbranched alkanes of at least 4 members (excludes halogenated alkanes) is 1. The molecule has 0 amide bonds. The number of ether oxygens (including phenoxy) is 2. The van der Waals surface area contributed by atoms with Gasteiger partial charge >= 0.3 is 5.97 Å². The van der Waals surface area contributed by atoms with Gasteiger partial charge in [-0.2, -0.15) is 0 Å². The fraction of sp³-hybridized carbons (Fsp3) is 0.444. The largest absolute Gasteiger partial charge is 0.496 e. The van der Waals surface area contributed by atoms with E-state index in [1.807, 2.05) is 19.2 Å². The molecule has 0 atom stereocenters. The van der Waals surface area contributed by atoms with Gasteiger partial charge in [0, 0.05) is 27.2 Å². The molecule has 0 heterocycles. The zero-order valence-electron chi connectivity index (χ0n) is 15.4. The van der Waals surface area contributed by atoms with Crippen LogP contribution in [0.25, 0.3) is 0 Å². The van der Waals surface area contributed by atoms with Crippen molar-refractivity contribution in [2.24, 2.45) is 4.99 Å². The summed E-state index contributed by atoms with van der Waals surface area (Å²) in [6, 6.07) is 5.44. The lowest BCUT2D eigenvalue weighted by atomic mass is 10.1. The molecule has 0 aliphatic heterocycles. The Morgan fingerprint density at radius 1 is 1.40 bits per heavy atom. The van der Waals surface area contributed by atoms with E-state index < -0.39 is 5.97 Å². The minimum Gasteiger partial charge on any atom is -0.496 e. The first-order valence-electron chi connectivity index (χ1n) is 7.85. The number of hydrogen-bond acceptors (Lipinski definition) is 4. The Bertz CT molecular complexity index is 591. The maximum atomic E-state index is 11.8. The predicted molar refractivity (Wildman–Crippen MR) is 112 cm³/mol. The standard InChI is InChI=1S/C18H27N3O3.HI/c1-6-7-8-11-21(3)18(19-2)20-13-14-9-10-16(23-4)15(12-14)17(22)24-5;/h6,9-10,12H,1,7-8,11,13H2,2-5H3,(H,19,20);1H. The average molecular weight is 461 g/mol. The zero-order chi connectivity index (χ0) is 17.9. The van der Waals surface area contributed by atoms with Gasteiger partial charge in [0.05, 0.1) is 14.2 Å². The molecule has 7 heteroatoms. The number of halogens is 1. The second-order valence-corrected chi connectivity index (χ2v) is 5.28. The van der Waals surface area contributed by atoms with Crippen LogP contribution in [0, 0.1) is 0 Å². The quantitative estimate of drug-likeness (QED) is 0.161. The van der Waals surface area contributed by atoms with Gasteiger partial charge in [-0.15, -0.1) is 30.6 Å². The Kier molecular flexibility index (Phi) is 11.7. The van der Waals surface area contributed by atoms with Crippen molar-refractivity contribution >= 4 is 35.9 Å².